The van der Waals surface area contributed by atoms with Crippen LogP contribution in [-0.4, -0.2) is 19.0 Å². The molecule has 2 rings (SSSR count). The predicted octanol–water partition coefficient (Wildman–Crippen LogP) is 2.42. The third-order valence-corrected chi connectivity index (χ3v) is 4.27. The number of hydrogen-bond donors (Lipinski definition) is 0. The van der Waals surface area contributed by atoms with E-state index in [0.29, 0.717) is 17.8 Å². The average Bonchev–Trinajstić information content (AvgIpc) is 1.99. The number of carbonyl (C=O) groups is 1. The highest BCUT2D eigenvalue weighted by atomic mass is 16.5. The Morgan fingerprint density at radius 2 is 2.07 bits per heavy atom. The lowest BCUT2D eigenvalue weighted by Crippen LogP contribution is -2.61. The van der Waals surface area contributed by atoms with Crippen LogP contribution in [0.5, 0.6) is 0 Å². The Kier molecular flexibility index (Phi) is 2.42. The van der Waals surface area contributed by atoms with Gasteiger partial charge in [-0.15, -0.1) is 0 Å². The fraction of sp³-hybridized carbons (Fsp3) is 0.917. The van der Waals surface area contributed by atoms with Gasteiger partial charge in [-0.25, -0.2) is 0 Å². The summed E-state index contributed by atoms with van der Waals surface area (Å²) < 4.78 is 5.45. The standard InChI is InChI=1S/C12H20O2/c1-8(2)11(13)9-7-10(14-3)12(9)5-4-6-12/h8-10H,4-7H2,1-3H3. The maximum atomic E-state index is 11.9. The first-order valence-electron chi connectivity index (χ1n) is 5.68. The summed E-state index contributed by atoms with van der Waals surface area (Å²) in [4.78, 5) is 11.9. The van der Waals surface area contributed by atoms with Gasteiger partial charge in [-0.3, -0.25) is 4.79 Å². The van der Waals surface area contributed by atoms with E-state index in [1.165, 1.54) is 19.3 Å². The van der Waals surface area contributed by atoms with Crippen LogP contribution >= 0.6 is 0 Å². The summed E-state index contributed by atoms with van der Waals surface area (Å²) in [6.45, 7) is 4.02. The molecule has 2 nitrogen and oxygen atoms in total. The van der Waals surface area contributed by atoms with Crippen molar-refractivity contribution in [3.63, 3.8) is 0 Å². The van der Waals surface area contributed by atoms with Gasteiger partial charge in [-0.05, 0) is 19.3 Å². The van der Waals surface area contributed by atoms with Crippen molar-refractivity contribution < 1.29 is 9.53 Å². The van der Waals surface area contributed by atoms with E-state index < -0.39 is 0 Å². The van der Waals surface area contributed by atoms with Gasteiger partial charge in [0.15, 0.2) is 0 Å². The fourth-order valence-electron chi connectivity index (χ4n) is 3.14. The number of ether oxygens (including phenoxy) is 1. The van der Waals surface area contributed by atoms with Gasteiger partial charge < -0.3 is 4.74 Å². The molecule has 0 amide bonds. The van der Waals surface area contributed by atoms with Crippen LogP contribution < -0.4 is 0 Å². The number of Topliss-reactive ketones (excluding diaryl/α,β-unsaturated/α-hetero) is 1. The second-order valence-electron chi connectivity index (χ2n) is 5.16. The Hall–Kier alpha value is -0.370. The van der Waals surface area contributed by atoms with Gasteiger partial charge in [-0.2, -0.15) is 0 Å². The second-order valence-corrected chi connectivity index (χ2v) is 5.16. The molecule has 2 atom stereocenters. The van der Waals surface area contributed by atoms with Crippen molar-refractivity contribution in [3.8, 4) is 0 Å². The molecular formula is C12H20O2. The van der Waals surface area contributed by atoms with Crippen LogP contribution in [-0.2, 0) is 9.53 Å². The Morgan fingerprint density at radius 1 is 1.43 bits per heavy atom. The molecule has 0 aromatic carbocycles. The smallest absolute Gasteiger partial charge is 0.139 e. The van der Waals surface area contributed by atoms with Gasteiger partial charge in [0.2, 0.25) is 0 Å². The first-order valence-corrected chi connectivity index (χ1v) is 5.68. The minimum Gasteiger partial charge on any atom is -0.381 e. The van der Waals surface area contributed by atoms with Crippen LogP contribution in [0.3, 0.4) is 0 Å². The topological polar surface area (TPSA) is 26.3 Å². The zero-order valence-electron chi connectivity index (χ0n) is 9.38. The zero-order chi connectivity index (χ0) is 10.3. The first kappa shape index (κ1) is 10.2. The molecule has 2 aliphatic rings. The first-order chi connectivity index (χ1) is 6.62. The highest BCUT2D eigenvalue weighted by Gasteiger charge is 2.60. The molecule has 0 aromatic rings. The van der Waals surface area contributed by atoms with Crippen LogP contribution in [0, 0.1) is 17.3 Å². The van der Waals surface area contributed by atoms with Crippen LogP contribution in [0.25, 0.3) is 0 Å². The molecule has 0 bridgehead atoms. The number of ketones is 1. The van der Waals surface area contributed by atoms with Gasteiger partial charge in [0.1, 0.15) is 5.78 Å². The van der Waals surface area contributed by atoms with Crippen molar-refractivity contribution in [2.75, 3.05) is 7.11 Å². The highest BCUT2D eigenvalue weighted by Crippen LogP contribution is 2.61. The summed E-state index contributed by atoms with van der Waals surface area (Å²) in [7, 11) is 1.78. The van der Waals surface area contributed by atoms with Gasteiger partial charge >= 0.3 is 0 Å². The van der Waals surface area contributed by atoms with Crippen molar-refractivity contribution in [2.24, 2.45) is 17.3 Å². The lowest BCUT2D eigenvalue weighted by atomic mass is 9.46. The minimum absolute atomic E-state index is 0.190. The molecule has 0 aliphatic heterocycles. The van der Waals surface area contributed by atoms with Crippen LogP contribution in [0.15, 0.2) is 0 Å². The number of rotatable bonds is 3. The number of hydrogen-bond acceptors (Lipinski definition) is 2. The van der Waals surface area contributed by atoms with Crippen LogP contribution in [0.2, 0.25) is 0 Å². The zero-order valence-corrected chi connectivity index (χ0v) is 9.38. The second kappa shape index (κ2) is 3.34. The maximum absolute atomic E-state index is 11.9. The number of methoxy groups -OCH3 is 1. The van der Waals surface area contributed by atoms with Crippen molar-refractivity contribution in [2.45, 2.75) is 45.6 Å². The van der Waals surface area contributed by atoms with Crippen molar-refractivity contribution in [3.05, 3.63) is 0 Å². The lowest BCUT2D eigenvalue weighted by Gasteiger charge is -2.60. The molecule has 2 saturated carbocycles. The molecule has 14 heavy (non-hydrogen) atoms. The van der Waals surface area contributed by atoms with E-state index in [2.05, 4.69) is 0 Å². The third-order valence-electron chi connectivity index (χ3n) is 4.27. The molecule has 0 radical (unpaired) electrons. The van der Waals surface area contributed by atoms with E-state index in [4.69, 9.17) is 4.74 Å². The van der Waals surface area contributed by atoms with E-state index in [9.17, 15) is 4.79 Å². The SMILES string of the molecule is COC1CC(C(=O)C(C)C)C12CCC2. The van der Waals surface area contributed by atoms with E-state index in [0.717, 1.165) is 6.42 Å². The molecule has 0 aromatic heterocycles. The summed E-state index contributed by atoms with van der Waals surface area (Å²) in [5.74, 6) is 0.953. The average molecular weight is 196 g/mol. The summed E-state index contributed by atoms with van der Waals surface area (Å²) >= 11 is 0. The summed E-state index contributed by atoms with van der Waals surface area (Å²) in [5.41, 5.74) is 0.260. The monoisotopic (exact) mass is 196 g/mol. The molecule has 2 unspecified atom stereocenters. The molecule has 0 heterocycles. The Balaban J connectivity index is 2.06. The lowest BCUT2D eigenvalue weighted by molar-refractivity contribution is -0.192. The third kappa shape index (κ3) is 1.16. The summed E-state index contributed by atoms with van der Waals surface area (Å²) in [6.07, 6.45) is 5.02. The molecule has 0 N–H and O–H groups in total. The number of carbonyl (C=O) groups excluding carboxylic acids is 1. The Bertz CT molecular complexity index is 241. The van der Waals surface area contributed by atoms with Crippen LogP contribution in [0.4, 0.5) is 0 Å². The van der Waals surface area contributed by atoms with E-state index in [1.807, 2.05) is 13.8 Å². The Morgan fingerprint density at radius 3 is 2.43 bits per heavy atom. The van der Waals surface area contributed by atoms with Crippen LogP contribution in [0.1, 0.15) is 39.5 Å². The highest BCUT2D eigenvalue weighted by molar-refractivity contribution is 5.85. The predicted molar refractivity (Wildman–Crippen MR) is 55.0 cm³/mol. The van der Waals surface area contributed by atoms with Gasteiger partial charge in [0.05, 0.1) is 6.10 Å². The Labute approximate surface area is 86.0 Å². The molecule has 80 valence electrons. The van der Waals surface area contributed by atoms with Crippen molar-refractivity contribution >= 4 is 5.78 Å². The van der Waals surface area contributed by atoms with Gasteiger partial charge in [0, 0.05) is 24.4 Å². The summed E-state index contributed by atoms with van der Waals surface area (Å²) in [5, 5.41) is 0. The summed E-state index contributed by atoms with van der Waals surface area (Å²) in [6, 6.07) is 0. The normalized spacial score (nSPS) is 34.0. The molecule has 2 aliphatic carbocycles. The molecular weight excluding hydrogens is 176 g/mol. The molecule has 0 saturated heterocycles. The molecule has 2 fully saturated rings. The van der Waals surface area contributed by atoms with E-state index in [1.54, 1.807) is 7.11 Å². The minimum atomic E-state index is 0.190. The van der Waals surface area contributed by atoms with Crippen molar-refractivity contribution in [1.82, 2.24) is 0 Å². The molecule has 2 heteroatoms. The fourth-order valence-corrected chi connectivity index (χ4v) is 3.14. The van der Waals surface area contributed by atoms with Gasteiger partial charge in [0.25, 0.3) is 0 Å². The maximum Gasteiger partial charge on any atom is 0.139 e. The van der Waals surface area contributed by atoms with E-state index in [-0.39, 0.29) is 11.3 Å². The largest absolute Gasteiger partial charge is 0.381 e. The molecule has 1 spiro atoms. The van der Waals surface area contributed by atoms with E-state index >= 15 is 0 Å². The van der Waals surface area contributed by atoms with Crippen molar-refractivity contribution in [1.29, 1.82) is 0 Å². The van der Waals surface area contributed by atoms with Gasteiger partial charge in [-0.1, -0.05) is 20.3 Å². The quantitative estimate of drug-likeness (QED) is 0.693.